The molecule has 26 heavy (non-hydrogen) atoms. The van der Waals surface area contributed by atoms with Gasteiger partial charge in [0.15, 0.2) is 0 Å². The number of carbonyl (C=O) groups is 1. The number of carboxylic acids is 1. The summed E-state index contributed by atoms with van der Waals surface area (Å²) in [6.45, 7) is 0. The molecule has 0 amide bonds. The van der Waals surface area contributed by atoms with E-state index < -0.39 is 17.7 Å². The molecule has 0 spiro atoms. The average Bonchev–Trinajstić information content (AvgIpc) is 3.09. The van der Waals surface area contributed by atoms with Gasteiger partial charge in [0.2, 0.25) is 0 Å². The van der Waals surface area contributed by atoms with E-state index in [1.54, 1.807) is 18.2 Å². The minimum Gasteiger partial charge on any atom is -0.478 e. The Morgan fingerprint density at radius 1 is 1.12 bits per heavy atom. The van der Waals surface area contributed by atoms with Crippen LogP contribution in [0, 0.1) is 5.92 Å². The van der Waals surface area contributed by atoms with Crippen molar-refractivity contribution in [1.29, 1.82) is 0 Å². The van der Waals surface area contributed by atoms with E-state index in [1.807, 2.05) is 12.2 Å². The largest absolute Gasteiger partial charge is 0.478 e. The highest BCUT2D eigenvalue weighted by Gasteiger charge is 2.42. The van der Waals surface area contributed by atoms with Gasteiger partial charge >= 0.3 is 12.1 Å². The summed E-state index contributed by atoms with van der Waals surface area (Å²) in [7, 11) is 0. The SMILES string of the molecule is O=C(O)c1ccc([C@@H]2Nc3c(cccc3C(F)(F)F)[C@@H]3C=CC[C@@H]32)cc1. The molecule has 4 rings (SSSR count). The lowest BCUT2D eigenvalue weighted by molar-refractivity contribution is -0.137. The van der Waals surface area contributed by atoms with Crippen molar-refractivity contribution < 1.29 is 23.1 Å². The van der Waals surface area contributed by atoms with Gasteiger partial charge in [-0.15, -0.1) is 0 Å². The fourth-order valence-corrected chi connectivity index (χ4v) is 4.02. The molecule has 0 unspecified atom stereocenters. The van der Waals surface area contributed by atoms with Gasteiger partial charge in [-0.3, -0.25) is 0 Å². The Hall–Kier alpha value is -2.76. The van der Waals surface area contributed by atoms with Crippen molar-refractivity contribution in [2.24, 2.45) is 5.92 Å². The number of benzene rings is 2. The van der Waals surface area contributed by atoms with E-state index in [0.717, 1.165) is 18.1 Å². The lowest BCUT2D eigenvalue weighted by Gasteiger charge is -2.38. The number of alkyl halides is 3. The van der Waals surface area contributed by atoms with Gasteiger partial charge in [-0.1, -0.05) is 36.4 Å². The molecule has 6 heteroatoms. The van der Waals surface area contributed by atoms with Crippen LogP contribution in [0.5, 0.6) is 0 Å². The number of hydrogen-bond acceptors (Lipinski definition) is 2. The number of nitrogens with one attached hydrogen (secondary N) is 1. The second kappa shape index (κ2) is 5.90. The first kappa shape index (κ1) is 16.7. The van der Waals surface area contributed by atoms with Crippen LogP contribution in [0.25, 0.3) is 0 Å². The number of fused-ring (bicyclic) bond motifs is 3. The molecular weight excluding hydrogens is 343 g/mol. The van der Waals surface area contributed by atoms with Crippen LogP contribution in [0.1, 0.15) is 45.4 Å². The standard InChI is InChI=1S/C20H16F3NO2/c21-20(22,23)16-6-2-5-15-13-3-1-4-14(13)17(24-18(15)16)11-7-9-12(10-8-11)19(25)26/h1-3,5-10,13-14,17,24H,4H2,(H,25,26)/t13-,14+,17+/m1/s1. The lowest BCUT2D eigenvalue weighted by Crippen LogP contribution is -2.30. The number of aromatic carboxylic acids is 1. The zero-order chi connectivity index (χ0) is 18.5. The van der Waals surface area contributed by atoms with Crippen molar-refractivity contribution in [2.75, 3.05) is 5.32 Å². The average molecular weight is 359 g/mol. The highest BCUT2D eigenvalue weighted by Crippen LogP contribution is 2.52. The van der Waals surface area contributed by atoms with Crippen LogP contribution in [0.2, 0.25) is 0 Å². The van der Waals surface area contributed by atoms with Gasteiger partial charge in [-0.05, 0) is 41.7 Å². The molecular formula is C20H16F3NO2. The number of hydrogen-bond donors (Lipinski definition) is 2. The number of allylic oxidation sites excluding steroid dienone is 2. The van der Waals surface area contributed by atoms with Gasteiger partial charge in [-0.2, -0.15) is 13.2 Å². The molecule has 0 bridgehead atoms. The predicted molar refractivity (Wildman–Crippen MR) is 91.2 cm³/mol. The highest BCUT2D eigenvalue weighted by molar-refractivity contribution is 5.87. The molecule has 2 aromatic rings. The highest BCUT2D eigenvalue weighted by atomic mass is 19.4. The van der Waals surface area contributed by atoms with Crippen LogP contribution in [0.15, 0.2) is 54.6 Å². The summed E-state index contributed by atoms with van der Waals surface area (Å²) in [5.41, 5.74) is 1.07. The summed E-state index contributed by atoms with van der Waals surface area (Å²) >= 11 is 0. The quantitative estimate of drug-likeness (QED) is 0.722. The Morgan fingerprint density at radius 3 is 2.50 bits per heavy atom. The fourth-order valence-electron chi connectivity index (χ4n) is 4.02. The molecule has 0 fully saturated rings. The Morgan fingerprint density at radius 2 is 1.85 bits per heavy atom. The Bertz CT molecular complexity index is 887. The molecule has 3 nitrogen and oxygen atoms in total. The summed E-state index contributed by atoms with van der Waals surface area (Å²) < 4.78 is 40.4. The Balaban J connectivity index is 1.79. The third-order valence-electron chi connectivity index (χ3n) is 5.22. The van der Waals surface area contributed by atoms with Crippen LogP contribution >= 0.6 is 0 Å². The number of rotatable bonds is 2. The van der Waals surface area contributed by atoms with Crippen LogP contribution < -0.4 is 5.32 Å². The molecule has 0 radical (unpaired) electrons. The number of carboxylic acid groups (broad SMARTS) is 1. The van der Waals surface area contributed by atoms with Crippen LogP contribution in [-0.2, 0) is 6.18 Å². The van der Waals surface area contributed by atoms with Gasteiger partial charge in [0, 0.05) is 5.92 Å². The van der Waals surface area contributed by atoms with Gasteiger partial charge in [0.05, 0.1) is 22.9 Å². The fraction of sp³-hybridized carbons (Fsp3) is 0.250. The number of para-hydroxylation sites is 1. The van der Waals surface area contributed by atoms with Crippen molar-refractivity contribution in [2.45, 2.75) is 24.6 Å². The van der Waals surface area contributed by atoms with Crippen LogP contribution in [-0.4, -0.2) is 11.1 Å². The zero-order valence-electron chi connectivity index (χ0n) is 13.6. The van der Waals surface area contributed by atoms with E-state index in [2.05, 4.69) is 5.32 Å². The number of anilines is 1. The normalized spacial score (nSPS) is 23.9. The van der Waals surface area contributed by atoms with Gasteiger partial charge in [0.25, 0.3) is 0 Å². The maximum atomic E-state index is 13.5. The molecule has 1 aliphatic carbocycles. The maximum absolute atomic E-state index is 13.5. The summed E-state index contributed by atoms with van der Waals surface area (Å²) in [6.07, 6.45) is 0.304. The molecule has 1 heterocycles. The smallest absolute Gasteiger partial charge is 0.418 e. The number of halogens is 3. The topological polar surface area (TPSA) is 49.3 Å². The predicted octanol–water partition coefficient (Wildman–Crippen LogP) is 5.23. The molecule has 2 N–H and O–H groups in total. The van der Waals surface area contributed by atoms with Gasteiger partial charge in [-0.25, -0.2) is 4.79 Å². The second-order valence-corrected chi connectivity index (χ2v) is 6.67. The second-order valence-electron chi connectivity index (χ2n) is 6.67. The van der Waals surface area contributed by atoms with Crippen molar-refractivity contribution in [1.82, 2.24) is 0 Å². The third-order valence-corrected chi connectivity index (χ3v) is 5.22. The van der Waals surface area contributed by atoms with E-state index in [-0.39, 0.29) is 29.1 Å². The van der Waals surface area contributed by atoms with Crippen molar-refractivity contribution in [3.8, 4) is 0 Å². The Kier molecular flexibility index (Phi) is 3.79. The third kappa shape index (κ3) is 2.66. The van der Waals surface area contributed by atoms with Crippen LogP contribution in [0.4, 0.5) is 18.9 Å². The molecule has 2 aliphatic rings. The summed E-state index contributed by atoms with van der Waals surface area (Å²) in [4.78, 5) is 11.0. The first-order chi connectivity index (χ1) is 12.4. The zero-order valence-corrected chi connectivity index (χ0v) is 13.6. The summed E-state index contributed by atoms with van der Waals surface area (Å²) in [5.74, 6) is -1.02. The molecule has 0 saturated carbocycles. The van der Waals surface area contributed by atoms with Crippen molar-refractivity contribution in [3.05, 3.63) is 76.9 Å². The van der Waals surface area contributed by atoms with E-state index in [0.29, 0.717) is 5.56 Å². The summed E-state index contributed by atoms with van der Waals surface area (Å²) in [6, 6.07) is 10.3. The minimum atomic E-state index is -4.44. The first-order valence-electron chi connectivity index (χ1n) is 8.33. The lowest BCUT2D eigenvalue weighted by atomic mass is 9.76. The summed E-state index contributed by atoms with van der Waals surface area (Å²) in [5, 5.41) is 12.1. The minimum absolute atomic E-state index is 0.0855. The van der Waals surface area contributed by atoms with Gasteiger partial charge in [0.1, 0.15) is 0 Å². The maximum Gasteiger partial charge on any atom is 0.418 e. The molecule has 0 saturated heterocycles. The molecule has 2 aromatic carbocycles. The molecule has 134 valence electrons. The molecule has 3 atom stereocenters. The Labute approximate surface area is 148 Å². The van der Waals surface area contributed by atoms with Gasteiger partial charge < -0.3 is 10.4 Å². The van der Waals surface area contributed by atoms with E-state index in [9.17, 15) is 18.0 Å². The van der Waals surface area contributed by atoms with E-state index in [1.165, 1.54) is 18.2 Å². The van der Waals surface area contributed by atoms with E-state index >= 15 is 0 Å². The first-order valence-corrected chi connectivity index (χ1v) is 8.33. The molecule has 0 aromatic heterocycles. The van der Waals surface area contributed by atoms with Crippen molar-refractivity contribution in [3.63, 3.8) is 0 Å². The van der Waals surface area contributed by atoms with E-state index in [4.69, 9.17) is 5.11 Å². The monoisotopic (exact) mass is 359 g/mol. The van der Waals surface area contributed by atoms with Crippen molar-refractivity contribution >= 4 is 11.7 Å². The molecule has 1 aliphatic heterocycles. The van der Waals surface area contributed by atoms with Crippen LogP contribution in [0.3, 0.4) is 0 Å².